The third kappa shape index (κ3) is 1.92. The first-order chi connectivity index (χ1) is 9.08. The monoisotopic (exact) mass is 251 g/mol. The molecule has 0 aliphatic rings. The fourth-order valence-electron chi connectivity index (χ4n) is 2.89. The van der Waals surface area contributed by atoms with Gasteiger partial charge >= 0.3 is 0 Å². The minimum Gasteiger partial charge on any atom is -0.339 e. The molecule has 0 saturated carbocycles. The Labute approximate surface area is 114 Å². The van der Waals surface area contributed by atoms with E-state index in [4.69, 9.17) is 0 Å². The molecule has 0 amide bonds. The van der Waals surface area contributed by atoms with Crippen LogP contribution >= 0.6 is 0 Å². The molecule has 3 rings (SSSR count). The van der Waals surface area contributed by atoms with E-state index in [-0.39, 0.29) is 0 Å². The second-order valence-corrected chi connectivity index (χ2v) is 5.62. The lowest BCUT2D eigenvalue weighted by Crippen LogP contribution is -2.05. The van der Waals surface area contributed by atoms with Crippen molar-refractivity contribution in [2.24, 2.45) is 5.92 Å². The second-order valence-electron chi connectivity index (χ2n) is 5.62. The Hall–Kier alpha value is -1.83. The minimum absolute atomic E-state index is 0.609. The van der Waals surface area contributed by atoms with E-state index < -0.39 is 0 Å². The smallest absolute Gasteiger partial charge is 0.0707 e. The Morgan fingerprint density at radius 1 is 1.21 bits per heavy atom. The highest BCUT2D eigenvalue weighted by molar-refractivity contribution is 6.08. The Kier molecular flexibility index (Phi) is 2.81. The average molecular weight is 251 g/mol. The zero-order valence-corrected chi connectivity index (χ0v) is 11.8. The highest BCUT2D eigenvalue weighted by Crippen LogP contribution is 2.31. The summed E-state index contributed by atoms with van der Waals surface area (Å²) in [5.74, 6) is 0.609. The van der Waals surface area contributed by atoms with Crippen molar-refractivity contribution in [3.63, 3.8) is 0 Å². The quantitative estimate of drug-likeness (QED) is 0.662. The summed E-state index contributed by atoms with van der Waals surface area (Å²) in [5.41, 5.74) is 4.46. The van der Waals surface area contributed by atoms with Gasteiger partial charge in [0.1, 0.15) is 0 Å². The maximum Gasteiger partial charge on any atom is 0.0707 e. The van der Waals surface area contributed by atoms with Gasteiger partial charge in [0, 0.05) is 28.5 Å². The lowest BCUT2D eigenvalue weighted by Gasteiger charge is -2.11. The van der Waals surface area contributed by atoms with Crippen molar-refractivity contribution in [1.82, 2.24) is 9.55 Å². The molecule has 0 spiro atoms. The van der Waals surface area contributed by atoms with E-state index in [0.29, 0.717) is 5.92 Å². The van der Waals surface area contributed by atoms with Gasteiger partial charge in [0.05, 0.1) is 11.2 Å². The summed E-state index contributed by atoms with van der Waals surface area (Å²) in [6, 6.07) is 10.7. The number of rotatable bonds is 2. The predicted molar refractivity (Wildman–Crippen MR) is 81.3 cm³/mol. The first-order valence-electron chi connectivity index (χ1n) is 6.78. The molecular formula is C17H19N2. The molecule has 2 heteroatoms. The van der Waals surface area contributed by atoms with Gasteiger partial charge in [-0.05, 0) is 31.9 Å². The lowest BCUT2D eigenvalue weighted by molar-refractivity contribution is 0.544. The van der Waals surface area contributed by atoms with Gasteiger partial charge in [0.25, 0.3) is 0 Å². The molecule has 2 nitrogen and oxygen atoms in total. The summed E-state index contributed by atoms with van der Waals surface area (Å²) in [6.45, 7) is 11.6. The molecule has 0 bridgehead atoms. The van der Waals surface area contributed by atoms with Gasteiger partial charge in [-0.3, -0.25) is 4.98 Å². The highest BCUT2D eigenvalue weighted by atomic mass is 15.0. The van der Waals surface area contributed by atoms with Crippen LogP contribution in [0.3, 0.4) is 0 Å². The van der Waals surface area contributed by atoms with Crippen molar-refractivity contribution < 1.29 is 0 Å². The van der Waals surface area contributed by atoms with Crippen molar-refractivity contribution in [2.75, 3.05) is 0 Å². The number of nitrogens with zero attached hydrogens (tertiary/aromatic N) is 2. The maximum absolute atomic E-state index is 4.53. The molecule has 97 valence electrons. The van der Waals surface area contributed by atoms with Crippen molar-refractivity contribution in [2.45, 2.75) is 27.3 Å². The molecule has 0 saturated heterocycles. The predicted octanol–water partition coefficient (Wildman–Crippen LogP) is 4.34. The molecule has 3 aromatic rings. The first-order valence-corrected chi connectivity index (χ1v) is 6.78. The number of aromatic nitrogens is 2. The Balaban J connectivity index is 2.48. The third-order valence-corrected chi connectivity index (χ3v) is 3.52. The maximum atomic E-state index is 4.53. The van der Waals surface area contributed by atoms with Gasteiger partial charge < -0.3 is 4.57 Å². The topological polar surface area (TPSA) is 17.8 Å². The third-order valence-electron chi connectivity index (χ3n) is 3.52. The number of pyridine rings is 1. The van der Waals surface area contributed by atoms with Gasteiger partial charge in [0.2, 0.25) is 0 Å². The van der Waals surface area contributed by atoms with Gasteiger partial charge in [-0.2, -0.15) is 0 Å². The fraction of sp³-hybridized carbons (Fsp3) is 0.294. The zero-order chi connectivity index (χ0) is 13.6. The zero-order valence-electron chi connectivity index (χ0n) is 11.8. The van der Waals surface area contributed by atoms with Crippen LogP contribution in [0.1, 0.15) is 25.2 Å². The van der Waals surface area contributed by atoms with E-state index in [1.807, 2.05) is 0 Å². The number of benzene rings is 1. The van der Waals surface area contributed by atoms with Crippen molar-refractivity contribution in [3.05, 3.63) is 48.6 Å². The van der Waals surface area contributed by atoms with Crippen LogP contribution in [0.15, 0.2) is 30.3 Å². The molecule has 0 unspecified atom stereocenters. The van der Waals surface area contributed by atoms with Crippen molar-refractivity contribution >= 4 is 21.8 Å². The summed E-state index contributed by atoms with van der Waals surface area (Å²) in [5, 5.41) is 2.57. The average Bonchev–Trinajstić information content (AvgIpc) is 2.64. The van der Waals surface area contributed by atoms with Crippen LogP contribution in [-0.4, -0.2) is 9.55 Å². The van der Waals surface area contributed by atoms with Crippen LogP contribution in [0.25, 0.3) is 21.8 Å². The Bertz CT molecular complexity index is 751. The van der Waals surface area contributed by atoms with E-state index in [1.165, 1.54) is 21.8 Å². The largest absolute Gasteiger partial charge is 0.339 e. The van der Waals surface area contributed by atoms with Crippen molar-refractivity contribution in [1.29, 1.82) is 0 Å². The number of hydrogen-bond donors (Lipinski definition) is 0. The summed E-state index contributed by atoms with van der Waals surface area (Å²) < 4.78 is 2.40. The van der Waals surface area contributed by atoms with E-state index >= 15 is 0 Å². The molecule has 1 aromatic carbocycles. The van der Waals surface area contributed by atoms with Crippen LogP contribution in [0, 0.1) is 19.8 Å². The molecule has 1 radical (unpaired) electrons. The number of hydrogen-bond acceptors (Lipinski definition) is 1. The summed E-state index contributed by atoms with van der Waals surface area (Å²) >= 11 is 0. The van der Waals surface area contributed by atoms with Crippen LogP contribution in [0.5, 0.6) is 0 Å². The van der Waals surface area contributed by atoms with Crippen molar-refractivity contribution in [3.8, 4) is 0 Å². The SMILES string of the molecule is [CH2]c1cc2c3ccccc3n(CC(C)C)c2c(C)n1. The molecule has 0 fully saturated rings. The van der Waals surface area contributed by atoms with Gasteiger partial charge in [-0.1, -0.05) is 32.0 Å². The molecule has 2 aromatic heterocycles. The van der Waals surface area contributed by atoms with Crippen LogP contribution in [0.2, 0.25) is 0 Å². The van der Waals surface area contributed by atoms with Gasteiger partial charge in [-0.15, -0.1) is 0 Å². The van der Waals surface area contributed by atoms with Gasteiger partial charge in [-0.25, -0.2) is 0 Å². The standard InChI is InChI=1S/C17H19N2/c1-11(2)10-19-16-8-6-5-7-14(16)15-9-12(3)18-13(4)17(15)19/h5-9,11H,3,10H2,1-2,4H3. The fourth-order valence-corrected chi connectivity index (χ4v) is 2.89. The molecule has 0 aliphatic carbocycles. The first kappa shape index (κ1) is 12.2. The molecular weight excluding hydrogens is 232 g/mol. The van der Waals surface area contributed by atoms with E-state index in [0.717, 1.165) is 17.9 Å². The van der Waals surface area contributed by atoms with Crippen LogP contribution in [-0.2, 0) is 6.54 Å². The summed E-state index contributed by atoms with van der Waals surface area (Å²) in [7, 11) is 0. The second kappa shape index (κ2) is 4.37. The number of para-hydroxylation sites is 1. The lowest BCUT2D eigenvalue weighted by atomic mass is 10.1. The Morgan fingerprint density at radius 2 is 1.95 bits per heavy atom. The van der Waals surface area contributed by atoms with Gasteiger partial charge in [0.15, 0.2) is 0 Å². The summed E-state index contributed by atoms with van der Waals surface area (Å²) in [4.78, 5) is 4.53. The van der Waals surface area contributed by atoms with E-state index in [2.05, 4.69) is 67.6 Å². The van der Waals surface area contributed by atoms with Crippen LogP contribution in [0.4, 0.5) is 0 Å². The van der Waals surface area contributed by atoms with E-state index in [9.17, 15) is 0 Å². The molecule has 19 heavy (non-hydrogen) atoms. The minimum atomic E-state index is 0.609. The van der Waals surface area contributed by atoms with Crippen LogP contribution < -0.4 is 0 Å². The number of aryl methyl sites for hydroxylation is 1. The molecule has 0 aliphatic heterocycles. The normalized spacial score (nSPS) is 11.8. The molecule has 0 atom stereocenters. The van der Waals surface area contributed by atoms with E-state index in [1.54, 1.807) is 0 Å². The molecule has 2 heterocycles. The summed E-state index contributed by atoms with van der Waals surface area (Å²) in [6.07, 6.45) is 0. The number of fused-ring (bicyclic) bond motifs is 3. The highest BCUT2D eigenvalue weighted by Gasteiger charge is 2.14. The Morgan fingerprint density at radius 3 is 2.68 bits per heavy atom. The molecule has 0 N–H and O–H groups in total.